The summed E-state index contributed by atoms with van der Waals surface area (Å²) in [5.41, 5.74) is 5.96. The molecule has 1 heterocycles. The van der Waals surface area contributed by atoms with E-state index in [1.807, 2.05) is 14.0 Å². The fourth-order valence-electron chi connectivity index (χ4n) is 2.79. The van der Waals surface area contributed by atoms with Gasteiger partial charge in [0.05, 0.1) is 6.04 Å². The van der Waals surface area contributed by atoms with E-state index in [1.165, 1.54) is 0 Å². The topological polar surface area (TPSA) is 46.3 Å². The summed E-state index contributed by atoms with van der Waals surface area (Å²) in [6.45, 7) is 5.89. The number of rotatable bonds is 3. The third-order valence-corrected chi connectivity index (χ3v) is 3.50. The van der Waals surface area contributed by atoms with Gasteiger partial charge in [-0.2, -0.15) is 0 Å². The van der Waals surface area contributed by atoms with Gasteiger partial charge in [0.1, 0.15) is 5.78 Å². The predicted molar refractivity (Wildman–Crippen MR) is 58.1 cm³/mol. The van der Waals surface area contributed by atoms with E-state index in [9.17, 15) is 4.79 Å². The van der Waals surface area contributed by atoms with E-state index >= 15 is 0 Å². The number of hydrogen-bond donors (Lipinski definition) is 1. The molecule has 1 rings (SSSR count). The van der Waals surface area contributed by atoms with Crippen molar-refractivity contribution >= 4 is 5.78 Å². The second-order valence-corrected chi connectivity index (χ2v) is 4.55. The van der Waals surface area contributed by atoms with E-state index in [0.717, 1.165) is 12.8 Å². The number of likely N-dealkylation sites (tertiary alicyclic amines) is 1. The average Bonchev–Trinajstić information content (AvgIpc) is 2.42. The predicted octanol–water partition coefficient (Wildman–Crippen LogP) is 1.02. The summed E-state index contributed by atoms with van der Waals surface area (Å²) in [5, 5.41) is 0. The number of carbonyl (C=O) groups excluding carboxylic acids is 1. The van der Waals surface area contributed by atoms with Crippen LogP contribution in [0.2, 0.25) is 0 Å². The Balaban J connectivity index is 2.79. The fraction of sp³-hybridized carbons (Fsp3) is 0.909. The highest BCUT2D eigenvalue weighted by molar-refractivity contribution is 5.81. The van der Waals surface area contributed by atoms with E-state index in [4.69, 9.17) is 5.73 Å². The molecule has 0 aromatic heterocycles. The first-order valence-electron chi connectivity index (χ1n) is 5.47. The molecular formula is C11H22N2O. The molecule has 0 radical (unpaired) electrons. The van der Waals surface area contributed by atoms with Gasteiger partial charge >= 0.3 is 0 Å². The lowest BCUT2D eigenvalue weighted by atomic mass is 9.92. The zero-order chi connectivity index (χ0) is 10.9. The van der Waals surface area contributed by atoms with Crippen LogP contribution in [0.25, 0.3) is 0 Å². The highest BCUT2D eigenvalue weighted by atomic mass is 16.1. The van der Waals surface area contributed by atoms with Gasteiger partial charge in [0.25, 0.3) is 0 Å². The summed E-state index contributed by atoms with van der Waals surface area (Å²) in [6, 6.07) is 0.610. The van der Waals surface area contributed by atoms with Crippen LogP contribution in [0.1, 0.15) is 33.6 Å². The maximum absolute atomic E-state index is 11.4. The Bertz CT molecular complexity index is 215. The van der Waals surface area contributed by atoms with E-state index in [-0.39, 0.29) is 17.9 Å². The molecule has 4 atom stereocenters. The number of ketones is 1. The van der Waals surface area contributed by atoms with Crippen molar-refractivity contribution in [3.63, 3.8) is 0 Å². The van der Waals surface area contributed by atoms with Gasteiger partial charge in [-0.3, -0.25) is 9.69 Å². The second-order valence-electron chi connectivity index (χ2n) is 4.55. The maximum Gasteiger partial charge on any atom is 0.146 e. The number of nitrogens with zero attached hydrogens (tertiary/aromatic N) is 1. The molecule has 0 aliphatic carbocycles. The highest BCUT2D eigenvalue weighted by Crippen LogP contribution is 2.32. The van der Waals surface area contributed by atoms with Crippen LogP contribution in [0.15, 0.2) is 0 Å². The zero-order valence-electron chi connectivity index (χ0n) is 9.66. The molecule has 82 valence electrons. The summed E-state index contributed by atoms with van der Waals surface area (Å²) in [7, 11) is 2.02. The molecule has 1 aliphatic heterocycles. The first-order chi connectivity index (χ1) is 6.49. The van der Waals surface area contributed by atoms with E-state index in [2.05, 4.69) is 11.8 Å². The Morgan fingerprint density at radius 3 is 2.50 bits per heavy atom. The summed E-state index contributed by atoms with van der Waals surface area (Å²) in [6.07, 6.45) is 2.09. The van der Waals surface area contributed by atoms with Crippen LogP contribution in [0.4, 0.5) is 0 Å². The Hall–Kier alpha value is -0.410. The minimum absolute atomic E-state index is 0.0935. The summed E-state index contributed by atoms with van der Waals surface area (Å²) < 4.78 is 0. The van der Waals surface area contributed by atoms with Gasteiger partial charge in [-0.05, 0) is 33.2 Å². The first-order valence-corrected chi connectivity index (χ1v) is 5.47. The standard InChI is InChI=1S/C11H22N2O/c1-5-9-6-10(8(3)14)13(4)11(9)7(2)12/h7,9-11H,5-6,12H2,1-4H3/t7?,9-,10-,11?/m1/s1. The highest BCUT2D eigenvalue weighted by Gasteiger charge is 2.41. The minimum atomic E-state index is 0.0935. The molecule has 0 aromatic carbocycles. The molecule has 3 heteroatoms. The van der Waals surface area contributed by atoms with Crippen molar-refractivity contribution in [2.75, 3.05) is 7.05 Å². The number of likely N-dealkylation sites (N-methyl/N-ethyl adjacent to an activating group) is 1. The summed E-state index contributed by atoms with van der Waals surface area (Å²) in [5.74, 6) is 0.850. The number of carbonyl (C=O) groups is 1. The minimum Gasteiger partial charge on any atom is -0.327 e. The van der Waals surface area contributed by atoms with Crippen LogP contribution >= 0.6 is 0 Å². The first kappa shape index (κ1) is 11.7. The number of Topliss-reactive ketones (excluding diaryl/α,β-unsaturated/α-hetero) is 1. The van der Waals surface area contributed by atoms with Crippen LogP contribution in [0, 0.1) is 5.92 Å². The Morgan fingerprint density at radius 2 is 2.21 bits per heavy atom. The van der Waals surface area contributed by atoms with Gasteiger partial charge in [0.2, 0.25) is 0 Å². The average molecular weight is 198 g/mol. The molecule has 14 heavy (non-hydrogen) atoms. The Morgan fingerprint density at radius 1 is 1.64 bits per heavy atom. The monoisotopic (exact) mass is 198 g/mol. The van der Waals surface area contributed by atoms with E-state index in [0.29, 0.717) is 12.0 Å². The van der Waals surface area contributed by atoms with Crippen molar-refractivity contribution in [2.45, 2.75) is 51.7 Å². The quantitative estimate of drug-likeness (QED) is 0.736. The Labute approximate surface area is 86.6 Å². The fourth-order valence-corrected chi connectivity index (χ4v) is 2.79. The SMILES string of the molecule is CC[C@@H]1C[C@H](C(C)=O)N(C)C1C(C)N. The number of nitrogens with two attached hydrogens (primary N) is 1. The molecule has 0 aromatic rings. The molecule has 1 aliphatic rings. The normalized spacial score (nSPS) is 35.9. The van der Waals surface area contributed by atoms with Crippen LogP contribution in [-0.4, -0.2) is 35.9 Å². The van der Waals surface area contributed by atoms with Crippen molar-refractivity contribution < 1.29 is 4.79 Å². The van der Waals surface area contributed by atoms with Crippen molar-refractivity contribution in [3.8, 4) is 0 Å². The third-order valence-electron chi connectivity index (χ3n) is 3.50. The van der Waals surface area contributed by atoms with Gasteiger partial charge in [0, 0.05) is 12.1 Å². The van der Waals surface area contributed by atoms with Crippen molar-refractivity contribution in [2.24, 2.45) is 11.7 Å². The Kier molecular flexibility index (Phi) is 3.67. The molecule has 0 bridgehead atoms. The maximum atomic E-state index is 11.4. The second kappa shape index (κ2) is 4.41. The van der Waals surface area contributed by atoms with Crippen molar-refractivity contribution in [3.05, 3.63) is 0 Å². The molecule has 2 unspecified atom stereocenters. The lowest BCUT2D eigenvalue weighted by molar-refractivity contribution is -0.121. The van der Waals surface area contributed by atoms with Crippen LogP contribution in [0.5, 0.6) is 0 Å². The summed E-state index contributed by atoms with van der Waals surface area (Å²) in [4.78, 5) is 13.6. The third kappa shape index (κ3) is 1.98. The lowest BCUT2D eigenvalue weighted by Gasteiger charge is -2.29. The molecule has 0 amide bonds. The van der Waals surface area contributed by atoms with Crippen molar-refractivity contribution in [1.29, 1.82) is 0 Å². The van der Waals surface area contributed by atoms with Crippen LogP contribution < -0.4 is 5.73 Å². The molecular weight excluding hydrogens is 176 g/mol. The summed E-state index contributed by atoms with van der Waals surface area (Å²) >= 11 is 0. The van der Waals surface area contributed by atoms with Gasteiger partial charge in [-0.1, -0.05) is 13.3 Å². The molecule has 2 N–H and O–H groups in total. The molecule has 0 spiro atoms. The smallest absolute Gasteiger partial charge is 0.146 e. The van der Waals surface area contributed by atoms with Gasteiger partial charge in [-0.25, -0.2) is 0 Å². The molecule has 1 saturated heterocycles. The van der Waals surface area contributed by atoms with Gasteiger partial charge < -0.3 is 5.73 Å². The van der Waals surface area contributed by atoms with Crippen LogP contribution in [0.3, 0.4) is 0 Å². The number of hydrogen-bond acceptors (Lipinski definition) is 3. The molecule has 1 fully saturated rings. The van der Waals surface area contributed by atoms with E-state index in [1.54, 1.807) is 6.92 Å². The molecule has 3 nitrogen and oxygen atoms in total. The largest absolute Gasteiger partial charge is 0.327 e. The van der Waals surface area contributed by atoms with Gasteiger partial charge in [-0.15, -0.1) is 0 Å². The zero-order valence-corrected chi connectivity index (χ0v) is 9.66. The lowest BCUT2D eigenvalue weighted by Crippen LogP contribution is -2.46. The van der Waals surface area contributed by atoms with Crippen LogP contribution in [-0.2, 0) is 4.79 Å². The van der Waals surface area contributed by atoms with Crippen molar-refractivity contribution in [1.82, 2.24) is 4.90 Å². The molecule has 0 saturated carbocycles. The van der Waals surface area contributed by atoms with E-state index < -0.39 is 0 Å². The van der Waals surface area contributed by atoms with Gasteiger partial charge in [0.15, 0.2) is 0 Å².